The summed E-state index contributed by atoms with van der Waals surface area (Å²) in [6.07, 6.45) is -4.76. The van der Waals surface area contributed by atoms with Crippen LogP contribution < -0.4 is 10.6 Å². The highest BCUT2D eigenvalue weighted by Gasteiger charge is 2.33. The highest BCUT2D eigenvalue weighted by molar-refractivity contribution is 6.10. The number of hydrogen-bond donors (Lipinski definition) is 3. The molecule has 0 aliphatic heterocycles. The fraction of sp³-hybridized carbons (Fsp3) is 0.211. The fourth-order valence-electron chi connectivity index (χ4n) is 2.43. The Bertz CT molecular complexity index is 881. The van der Waals surface area contributed by atoms with Gasteiger partial charge < -0.3 is 15.7 Å². The summed E-state index contributed by atoms with van der Waals surface area (Å²) in [4.78, 5) is 34.9. The number of aliphatic carboxylic acids is 1. The van der Waals surface area contributed by atoms with Gasteiger partial charge >= 0.3 is 12.1 Å². The zero-order chi connectivity index (χ0) is 20.7. The molecule has 0 aliphatic carbocycles. The molecule has 3 N–H and O–H groups in total. The third kappa shape index (κ3) is 5.83. The fourth-order valence-corrected chi connectivity index (χ4v) is 2.43. The monoisotopic (exact) mass is 394 g/mol. The van der Waals surface area contributed by atoms with Gasteiger partial charge in [0.25, 0.3) is 5.91 Å². The SMILES string of the molecule is O=C(O)CCCC(=O)Nc1ccccc1C(=O)Nc1ccccc1C(F)(F)F. The normalized spacial score (nSPS) is 11.0. The second kappa shape index (κ2) is 9.03. The van der Waals surface area contributed by atoms with Crippen molar-refractivity contribution in [3.63, 3.8) is 0 Å². The van der Waals surface area contributed by atoms with Crippen LogP contribution in [0.5, 0.6) is 0 Å². The number of carboxylic acids is 1. The number of nitrogens with one attached hydrogen (secondary N) is 2. The van der Waals surface area contributed by atoms with Crippen molar-refractivity contribution >= 4 is 29.2 Å². The van der Waals surface area contributed by atoms with Crippen LogP contribution in [0.2, 0.25) is 0 Å². The van der Waals surface area contributed by atoms with Crippen molar-refractivity contribution in [1.29, 1.82) is 0 Å². The lowest BCUT2D eigenvalue weighted by Gasteiger charge is -2.15. The molecule has 28 heavy (non-hydrogen) atoms. The molecule has 6 nitrogen and oxygen atoms in total. The van der Waals surface area contributed by atoms with Gasteiger partial charge in [0, 0.05) is 12.8 Å². The Morgan fingerprint density at radius 3 is 2.11 bits per heavy atom. The van der Waals surface area contributed by atoms with E-state index in [4.69, 9.17) is 5.11 Å². The maximum Gasteiger partial charge on any atom is 0.418 e. The van der Waals surface area contributed by atoms with Gasteiger partial charge in [-0.05, 0) is 30.7 Å². The Kier molecular flexibility index (Phi) is 6.75. The van der Waals surface area contributed by atoms with E-state index in [9.17, 15) is 27.6 Å². The molecule has 0 fully saturated rings. The van der Waals surface area contributed by atoms with Gasteiger partial charge in [0.1, 0.15) is 0 Å². The molecule has 2 aromatic carbocycles. The molecule has 9 heteroatoms. The maximum atomic E-state index is 13.1. The van der Waals surface area contributed by atoms with E-state index in [0.29, 0.717) is 0 Å². The second-order valence-electron chi connectivity index (χ2n) is 5.84. The molecular weight excluding hydrogens is 377 g/mol. The summed E-state index contributed by atoms with van der Waals surface area (Å²) >= 11 is 0. The van der Waals surface area contributed by atoms with E-state index < -0.39 is 35.2 Å². The largest absolute Gasteiger partial charge is 0.481 e. The van der Waals surface area contributed by atoms with Crippen molar-refractivity contribution in [2.24, 2.45) is 0 Å². The second-order valence-corrected chi connectivity index (χ2v) is 5.84. The van der Waals surface area contributed by atoms with E-state index in [1.165, 1.54) is 30.3 Å². The molecule has 0 saturated heterocycles. The van der Waals surface area contributed by atoms with Crippen molar-refractivity contribution in [3.05, 3.63) is 59.7 Å². The molecule has 2 aromatic rings. The highest BCUT2D eigenvalue weighted by Crippen LogP contribution is 2.34. The zero-order valence-electron chi connectivity index (χ0n) is 14.5. The number of carboxylic acid groups (broad SMARTS) is 1. The van der Waals surface area contributed by atoms with Gasteiger partial charge in [-0.25, -0.2) is 0 Å². The molecular formula is C19H17F3N2O4. The van der Waals surface area contributed by atoms with E-state index in [0.717, 1.165) is 12.1 Å². The predicted molar refractivity (Wildman–Crippen MR) is 96.0 cm³/mol. The Hall–Kier alpha value is -3.36. The summed E-state index contributed by atoms with van der Waals surface area (Å²) in [6, 6.07) is 10.4. The Labute approximate surface area is 158 Å². The van der Waals surface area contributed by atoms with Crippen molar-refractivity contribution in [3.8, 4) is 0 Å². The van der Waals surface area contributed by atoms with Gasteiger partial charge in [0.05, 0.1) is 22.5 Å². The van der Waals surface area contributed by atoms with Gasteiger partial charge in [0.15, 0.2) is 0 Å². The number of anilines is 2. The number of carbonyl (C=O) groups excluding carboxylic acids is 2. The molecule has 148 valence electrons. The maximum absolute atomic E-state index is 13.1. The molecule has 0 bridgehead atoms. The van der Waals surface area contributed by atoms with Crippen LogP contribution in [0.15, 0.2) is 48.5 Å². The zero-order valence-corrected chi connectivity index (χ0v) is 14.5. The van der Waals surface area contributed by atoms with Crippen LogP contribution >= 0.6 is 0 Å². The molecule has 0 radical (unpaired) electrons. The van der Waals surface area contributed by atoms with Crippen LogP contribution in [0.3, 0.4) is 0 Å². The smallest absolute Gasteiger partial charge is 0.418 e. The van der Waals surface area contributed by atoms with E-state index >= 15 is 0 Å². The van der Waals surface area contributed by atoms with Crippen molar-refractivity contribution in [2.75, 3.05) is 10.6 Å². The first-order valence-electron chi connectivity index (χ1n) is 8.26. The van der Waals surface area contributed by atoms with Gasteiger partial charge in [-0.15, -0.1) is 0 Å². The van der Waals surface area contributed by atoms with Crippen LogP contribution in [0, 0.1) is 0 Å². The van der Waals surface area contributed by atoms with Gasteiger partial charge in [-0.1, -0.05) is 24.3 Å². The average Bonchev–Trinajstić information content (AvgIpc) is 2.61. The molecule has 0 spiro atoms. The van der Waals surface area contributed by atoms with Crippen molar-refractivity contribution in [1.82, 2.24) is 0 Å². The lowest BCUT2D eigenvalue weighted by Crippen LogP contribution is -2.20. The van der Waals surface area contributed by atoms with E-state index in [-0.39, 0.29) is 30.5 Å². The Morgan fingerprint density at radius 1 is 0.857 bits per heavy atom. The van der Waals surface area contributed by atoms with Crippen molar-refractivity contribution in [2.45, 2.75) is 25.4 Å². The first-order chi connectivity index (χ1) is 13.2. The quantitative estimate of drug-likeness (QED) is 0.657. The van der Waals surface area contributed by atoms with Gasteiger partial charge in [0.2, 0.25) is 5.91 Å². The number of halogens is 3. The summed E-state index contributed by atoms with van der Waals surface area (Å²) in [5.41, 5.74) is -1.29. The Balaban J connectivity index is 2.15. The predicted octanol–water partition coefficient (Wildman–Crippen LogP) is 4.15. The Morgan fingerprint density at radius 2 is 1.46 bits per heavy atom. The minimum atomic E-state index is -4.64. The molecule has 2 rings (SSSR count). The molecule has 2 amide bonds. The first kappa shape index (κ1) is 20.9. The minimum Gasteiger partial charge on any atom is -0.481 e. The highest BCUT2D eigenvalue weighted by atomic mass is 19.4. The van der Waals surface area contributed by atoms with E-state index in [1.54, 1.807) is 6.07 Å². The number of para-hydroxylation sites is 2. The minimum absolute atomic E-state index is 0.0222. The van der Waals surface area contributed by atoms with E-state index in [2.05, 4.69) is 10.6 Å². The average molecular weight is 394 g/mol. The topological polar surface area (TPSA) is 95.5 Å². The standard InChI is InChI=1S/C19H17F3N2O4/c20-19(21,22)13-7-2-4-9-15(13)24-18(28)12-6-1-3-8-14(12)23-16(25)10-5-11-17(26)27/h1-4,6-9H,5,10-11H2,(H,23,25)(H,24,28)(H,26,27). The third-order valence-electron chi connectivity index (χ3n) is 3.72. The van der Waals surface area contributed by atoms with Crippen LogP contribution in [-0.2, 0) is 15.8 Å². The summed E-state index contributed by atoms with van der Waals surface area (Å²) in [5, 5.41) is 13.3. The summed E-state index contributed by atoms with van der Waals surface area (Å²) in [7, 11) is 0. The van der Waals surface area contributed by atoms with Gasteiger partial charge in [-0.2, -0.15) is 13.2 Å². The lowest BCUT2D eigenvalue weighted by molar-refractivity contribution is -0.138. The first-order valence-corrected chi connectivity index (χ1v) is 8.26. The number of benzene rings is 2. The number of alkyl halides is 3. The summed E-state index contributed by atoms with van der Waals surface area (Å²) in [5.74, 6) is -2.36. The molecule has 0 heterocycles. The number of carbonyl (C=O) groups is 3. The van der Waals surface area contributed by atoms with E-state index in [1.807, 2.05) is 0 Å². The number of rotatable bonds is 7. The number of hydrogen-bond acceptors (Lipinski definition) is 3. The lowest BCUT2D eigenvalue weighted by atomic mass is 10.1. The van der Waals surface area contributed by atoms with Gasteiger partial charge in [-0.3, -0.25) is 14.4 Å². The van der Waals surface area contributed by atoms with Crippen LogP contribution in [0.25, 0.3) is 0 Å². The molecule has 0 atom stereocenters. The summed E-state index contributed by atoms with van der Waals surface area (Å²) < 4.78 is 39.2. The molecule has 0 unspecified atom stereocenters. The summed E-state index contributed by atoms with van der Waals surface area (Å²) in [6.45, 7) is 0. The third-order valence-corrected chi connectivity index (χ3v) is 3.72. The van der Waals surface area contributed by atoms with Crippen molar-refractivity contribution < 1.29 is 32.7 Å². The molecule has 0 saturated carbocycles. The molecule has 0 aliphatic rings. The van der Waals surface area contributed by atoms with Crippen LogP contribution in [-0.4, -0.2) is 22.9 Å². The number of amides is 2. The molecule has 0 aromatic heterocycles. The van der Waals surface area contributed by atoms with Crippen LogP contribution in [0.4, 0.5) is 24.5 Å². The van der Waals surface area contributed by atoms with Crippen LogP contribution in [0.1, 0.15) is 35.2 Å².